The van der Waals surface area contributed by atoms with Gasteiger partial charge in [-0.15, -0.1) is 20.4 Å². The number of H-pyrrole nitrogens is 4. The van der Waals surface area contributed by atoms with E-state index in [-0.39, 0.29) is 72.0 Å². The van der Waals surface area contributed by atoms with Crippen LogP contribution in [0.3, 0.4) is 0 Å². The van der Waals surface area contributed by atoms with Crippen LogP contribution >= 0.6 is 0 Å². The average molecular weight is 1960 g/mol. The molecule has 0 fully saturated rings. The number of hydrogen-bond acceptors (Lipinski definition) is 27. The maximum atomic E-state index is 12.8. The molecule has 0 saturated heterocycles. The zero-order valence-corrected chi connectivity index (χ0v) is 80.2. The summed E-state index contributed by atoms with van der Waals surface area (Å²) in [7, 11) is 17.8. The highest BCUT2D eigenvalue weighted by Gasteiger charge is 2.37. The molecule has 0 saturated carbocycles. The van der Waals surface area contributed by atoms with Crippen molar-refractivity contribution in [2.75, 3.05) is 47.8 Å². The molecule has 748 valence electrons. The third kappa shape index (κ3) is 26.7. The number of carbonyl (C=O) groups excluding carboxylic acids is 9. The summed E-state index contributed by atoms with van der Waals surface area (Å²) in [6.45, 7) is 0. The Balaban J connectivity index is 0.000000144. The molecule has 144 heavy (non-hydrogen) atoms. The van der Waals surface area contributed by atoms with Crippen LogP contribution in [0.1, 0.15) is 179 Å². The van der Waals surface area contributed by atoms with E-state index in [9.17, 15) is 47.9 Å². The van der Waals surface area contributed by atoms with Crippen molar-refractivity contribution in [3.63, 3.8) is 0 Å². The second-order valence-electron chi connectivity index (χ2n) is 34.7. The van der Waals surface area contributed by atoms with Gasteiger partial charge in [0.05, 0.1) is 75.0 Å². The number of carboxylic acid groups (broad SMARTS) is 1. The minimum atomic E-state index is -1.12. The van der Waals surface area contributed by atoms with Gasteiger partial charge in [0.2, 0.25) is 41.1 Å². The number of fused-ring (bicyclic) bond motifs is 6. The van der Waals surface area contributed by atoms with Gasteiger partial charge >= 0.3 is 5.97 Å². The van der Waals surface area contributed by atoms with Gasteiger partial charge in [0, 0.05) is 167 Å². The maximum absolute atomic E-state index is 12.8. The molecular weight excluding hydrogens is 1850 g/mol. The number of likely N-dealkylation sites (N-methyl/N-ethyl adjacent to an activating group) is 4. The van der Waals surface area contributed by atoms with Crippen molar-refractivity contribution in [1.29, 1.82) is 0 Å². The van der Waals surface area contributed by atoms with Gasteiger partial charge in [-0.25, -0.2) is 24.7 Å². The highest BCUT2D eigenvalue weighted by atomic mass is 16.4. The Bertz CT molecular complexity index is 6510. The number of rotatable bonds is 17. The largest absolute Gasteiger partial charge is 0.475 e. The van der Waals surface area contributed by atoms with Crippen molar-refractivity contribution >= 4 is 81.6 Å². The number of aromatic amines is 4. The number of aromatic carboxylic acids is 1. The van der Waals surface area contributed by atoms with Gasteiger partial charge in [0.25, 0.3) is 23.5 Å². The summed E-state index contributed by atoms with van der Waals surface area (Å²) in [5.41, 5.74) is 37.1. The molecule has 0 radical (unpaired) electrons. The molecule has 20 rings (SSSR count). The van der Waals surface area contributed by atoms with Gasteiger partial charge in [-0.1, -0.05) is 139 Å². The molecule has 7 amide bonds. The first kappa shape index (κ1) is 104. The number of anilines is 4. The molecule has 14 heterocycles. The quantitative estimate of drug-likeness (QED) is 0.0212. The van der Waals surface area contributed by atoms with Gasteiger partial charge in [-0.3, -0.25) is 91.6 Å². The van der Waals surface area contributed by atoms with E-state index >= 15 is 0 Å². The smallest absolute Gasteiger partial charge is 0.375 e. The summed E-state index contributed by atoms with van der Waals surface area (Å²) >= 11 is 0. The Hall–Kier alpha value is -17.6. The Morgan fingerprint density at radius 3 is 0.896 bits per heavy atom. The number of aromatic nitrogens is 24. The number of nitrogens with zero attached hydrogens (tertiary/aromatic N) is 30. The van der Waals surface area contributed by atoms with Crippen molar-refractivity contribution < 1.29 is 53.1 Å². The summed E-state index contributed by atoms with van der Waals surface area (Å²) in [4.78, 5) is 150. The monoisotopic (exact) mass is 1960 g/mol. The number of carbonyl (C=O) groups is 10. The number of amides is 7. The average Bonchev–Trinajstić information content (AvgIpc) is 1.66. The van der Waals surface area contributed by atoms with Crippen LogP contribution in [0.2, 0.25) is 0 Å². The van der Waals surface area contributed by atoms with Crippen LogP contribution < -0.4 is 41.3 Å². The number of Topliss-reactive ketones (excluding diaryl/α,β-unsaturated/α-hetero) is 2. The summed E-state index contributed by atoms with van der Waals surface area (Å²) in [5.74, 6) is -0.895. The minimum Gasteiger partial charge on any atom is -0.475 e. The number of aryl methyl sites for hydroxylation is 12. The summed E-state index contributed by atoms with van der Waals surface area (Å²) in [6.07, 6.45) is 21.0. The van der Waals surface area contributed by atoms with E-state index in [1.165, 1.54) is 0 Å². The van der Waals surface area contributed by atoms with E-state index < -0.39 is 53.9 Å². The van der Waals surface area contributed by atoms with Crippen LogP contribution in [0, 0.1) is 0 Å². The van der Waals surface area contributed by atoms with Gasteiger partial charge in [-0.2, -0.15) is 30.6 Å². The predicted molar refractivity (Wildman–Crippen MR) is 524 cm³/mol. The Labute approximate surface area is 824 Å². The number of nitrogens with one attached hydrogen (secondary N) is 7. The fourth-order valence-electron chi connectivity index (χ4n) is 16.8. The second kappa shape index (κ2) is 47.8. The molecule has 2 aliphatic carbocycles. The van der Waals surface area contributed by atoms with Crippen LogP contribution in [0.25, 0.3) is 20.9 Å². The number of benzene rings is 4. The lowest BCUT2D eigenvalue weighted by molar-refractivity contribution is -0.120. The number of hydrogen-bond donors (Lipinski definition) is 9. The zero-order chi connectivity index (χ0) is 102. The molecule has 14 aromatic rings. The summed E-state index contributed by atoms with van der Waals surface area (Å²) < 4.78 is 10.2. The Morgan fingerprint density at radius 1 is 0.368 bits per heavy atom. The fraction of sp³-hybridized carbons (Fsp3) is 0.368. The van der Waals surface area contributed by atoms with Crippen LogP contribution in [-0.2, 0) is 148 Å². The van der Waals surface area contributed by atoms with Gasteiger partial charge in [0.1, 0.15) is 53.0 Å². The van der Waals surface area contributed by atoms with Crippen LogP contribution in [0.15, 0.2) is 169 Å². The van der Waals surface area contributed by atoms with Crippen molar-refractivity contribution in [2.45, 2.75) is 159 Å². The number of carboxylic acids is 1. The molecule has 6 atom stereocenters. The van der Waals surface area contributed by atoms with Gasteiger partial charge < -0.3 is 46.4 Å². The molecule has 0 spiro atoms. The van der Waals surface area contributed by atoms with Gasteiger partial charge in [0.15, 0.2) is 0 Å². The zero-order valence-electron chi connectivity index (χ0n) is 80.2. The topological polar surface area (TPSA) is 637 Å². The normalized spacial score (nSPS) is 17.1. The Morgan fingerprint density at radius 2 is 0.618 bits per heavy atom. The SMILES string of the molecule is C.CN1C(=O)C(N)CCc2nn(C)cc21.CN1C(=O)C(NC(=O)c2n[nH]c(Cc3ccccc3)n2)CCc2nn(C)cc21.CN1C(=O)[C@@H](NC(=O)c2n[nH]c(Cc3ccccc3)n2)CCc2nn(C)cc21.CN1C(=O)[C@H](NC(=O)c2n[nH]c(Cc3ccccc3)n2)CCc2nn(C)cc21.Cn1cc2c(n1)CCC(N=[N+]=[N-])C(=O)C2.Cn1cc2c(n1)CCC(N=[N+]=[N-])C(=O)C2.O=C(O)c1n[nH]c(Cc2ccccc2)n1. The van der Waals surface area contributed by atoms with E-state index in [1.54, 1.807) is 75.9 Å². The first-order valence-corrected chi connectivity index (χ1v) is 45.9. The molecule has 10 aromatic heterocycles. The van der Waals surface area contributed by atoms with Crippen LogP contribution in [0.4, 0.5) is 22.7 Å². The molecule has 4 aliphatic heterocycles. The molecular formula is C95H112N38O11. The summed E-state index contributed by atoms with van der Waals surface area (Å²) in [6, 6.07) is 35.7. The number of nitrogens with two attached hydrogens (primary N) is 1. The lowest BCUT2D eigenvalue weighted by atomic mass is 10.1. The number of ketones is 2. The highest BCUT2D eigenvalue weighted by Crippen LogP contribution is 2.31. The third-order valence-electron chi connectivity index (χ3n) is 24.1. The fourth-order valence-corrected chi connectivity index (χ4v) is 16.8. The summed E-state index contributed by atoms with van der Waals surface area (Å²) in [5, 5.41) is 76.5. The molecule has 10 N–H and O–H groups in total. The predicted octanol–water partition coefficient (Wildman–Crippen LogP) is 6.21. The lowest BCUT2D eigenvalue weighted by Gasteiger charge is -2.20. The molecule has 0 bridgehead atoms. The van der Waals surface area contributed by atoms with Crippen LogP contribution in [0.5, 0.6) is 0 Å². The Kier molecular flexibility index (Phi) is 34.5. The molecule has 4 aromatic carbocycles. The van der Waals surface area contributed by atoms with E-state index in [1.807, 2.05) is 201 Å². The van der Waals surface area contributed by atoms with Crippen molar-refractivity contribution in [2.24, 2.45) is 58.2 Å². The van der Waals surface area contributed by atoms with Crippen molar-refractivity contribution in [3.8, 4) is 0 Å². The highest BCUT2D eigenvalue weighted by molar-refractivity contribution is 6.04. The van der Waals surface area contributed by atoms with E-state index in [4.69, 9.17) is 21.9 Å². The molecule has 49 heteroatoms. The first-order chi connectivity index (χ1) is 68.8. The van der Waals surface area contributed by atoms with E-state index in [0.29, 0.717) is 132 Å². The molecule has 4 unspecified atom stereocenters. The second-order valence-corrected chi connectivity index (χ2v) is 34.7. The lowest BCUT2D eigenvalue weighted by Crippen LogP contribution is -2.47. The van der Waals surface area contributed by atoms with Crippen molar-refractivity contribution in [1.82, 2.24) is 135 Å². The molecule has 6 aliphatic rings. The molecule has 49 nitrogen and oxygen atoms in total. The standard InChI is InChI=1S/3C19H21N7O2.C10H9N3O2.2C9H11N5O.C9H14N4O.CH4/c3*1-25-11-15-13(24-25)8-9-14(19(28)26(15)2)20-18(27)17-21-16(22-23-17)10-12-6-4-3-5-7-12;14-10(15)9-11-8(12-13-9)6-7-4-2-1-3-5-7;2*1-14-5-6-4-9(15)8(11-13-10)3-2-7(6)12-14;1-12-5-8-7(11-12)4-3-6(10)9(14)13(8)2;/h3*3-7,11,14H,8-10H2,1-2H3,(H,20,27)(H,21,22,23);1-5H,6H2,(H,14,15)(H,11,12,13);2*5,8H,2-4H2,1H3;5-6H,3-4,10H2,1-2H3;1H4/t2*14-;;;;;;/m10....../s1. The van der Waals surface area contributed by atoms with Crippen molar-refractivity contribution in [3.05, 3.63) is 294 Å². The minimum absolute atomic E-state index is 0. The third-order valence-corrected chi connectivity index (χ3v) is 24.1. The maximum Gasteiger partial charge on any atom is 0.375 e. The van der Waals surface area contributed by atoms with E-state index in [2.05, 4.69) is 127 Å². The van der Waals surface area contributed by atoms with E-state index in [0.717, 1.165) is 96.7 Å². The number of azide groups is 2. The van der Waals surface area contributed by atoms with Crippen LogP contribution in [-0.4, -0.2) is 248 Å². The van der Waals surface area contributed by atoms with Gasteiger partial charge in [-0.05, 0) is 110 Å². The first-order valence-electron chi connectivity index (χ1n) is 45.9.